The molecule has 6 heteroatoms. The van der Waals surface area contributed by atoms with Gasteiger partial charge in [0.2, 0.25) is 0 Å². The highest BCUT2D eigenvalue weighted by Gasteiger charge is 2.23. The Morgan fingerprint density at radius 1 is 1.10 bits per heavy atom. The van der Waals surface area contributed by atoms with Gasteiger partial charge in [0.25, 0.3) is 5.91 Å². The summed E-state index contributed by atoms with van der Waals surface area (Å²) in [6.07, 6.45) is 0. The number of piperazine rings is 1. The second-order valence-corrected chi connectivity index (χ2v) is 5.32. The lowest BCUT2D eigenvalue weighted by Crippen LogP contribution is -2.50. The maximum atomic E-state index is 12.4. The van der Waals surface area contributed by atoms with E-state index in [1.165, 1.54) is 0 Å². The van der Waals surface area contributed by atoms with Crippen LogP contribution in [-0.2, 0) is 6.54 Å². The summed E-state index contributed by atoms with van der Waals surface area (Å²) in [7, 11) is 0. The minimum absolute atomic E-state index is 0. The van der Waals surface area contributed by atoms with Gasteiger partial charge in [-0.05, 0) is 31.5 Å². The normalized spacial score (nSPS) is 15.3. The summed E-state index contributed by atoms with van der Waals surface area (Å²) in [6.45, 7) is 8.47. The molecule has 0 saturated carbocycles. The number of halogens is 2. The van der Waals surface area contributed by atoms with Crippen molar-refractivity contribution in [2.24, 2.45) is 5.73 Å². The second kappa shape index (κ2) is 9.26. The first kappa shape index (κ1) is 20.2. The van der Waals surface area contributed by atoms with E-state index in [9.17, 15) is 4.79 Å². The lowest BCUT2D eigenvalue weighted by molar-refractivity contribution is 0.0595. The van der Waals surface area contributed by atoms with E-state index in [0.717, 1.165) is 37.3 Å². The van der Waals surface area contributed by atoms with Crippen molar-refractivity contribution in [2.45, 2.75) is 26.4 Å². The van der Waals surface area contributed by atoms with Gasteiger partial charge >= 0.3 is 0 Å². The lowest BCUT2D eigenvalue weighted by Gasteiger charge is -2.37. The number of rotatable bonds is 3. The molecule has 2 rings (SSSR count). The molecule has 0 spiro atoms. The molecule has 1 amide bonds. The topological polar surface area (TPSA) is 49.6 Å². The summed E-state index contributed by atoms with van der Waals surface area (Å²) in [5.74, 6) is 0.131. The molecule has 1 saturated heterocycles. The SMILES string of the molecule is CC(C)N1CCN(C(=O)c2ccc(CN)cc2)CC1.Cl.Cl. The highest BCUT2D eigenvalue weighted by atomic mass is 35.5. The average Bonchev–Trinajstić information content (AvgIpc) is 2.46. The number of carbonyl (C=O) groups excluding carboxylic acids is 1. The van der Waals surface area contributed by atoms with Crippen molar-refractivity contribution in [1.82, 2.24) is 9.80 Å². The number of amides is 1. The van der Waals surface area contributed by atoms with E-state index in [2.05, 4.69) is 18.7 Å². The van der Waals surface area contributed by atoms with Gasteiger partial charge in [0.1, 0.15) is 0 Å². The van der Waals surface area contributed by atoms with Crippen molar-refractivity contribution in [3.05, 3.63) is 35.4 Å². The van der Waals surface area contributed by atoms with E-state index < -0.39 is 0 Å². The molecule has 0 aliphatic carbocycles. The molecule has 1 aliphatic heterocycles. The Hall–Kier alpha value is -0.810. The van der Waals surface area contributed by atoms with Crippen LogP contribution < -0.4 is 5.73 Å². The summed E-state index contributed by atoms with van der Waals surface area (Å²) in [6, 6.07) is 8.16. The molecule has 4 nitrogen and oxygen atoms in total. The molecule has 1 aromatic rings. The van der Waals surface area contributed by atoms with Crippen LogP contribution in [0.4, 0.5) is 0 Å². The maximum Gasteiger partial charge on any atom is 0.253 e. The fourth-order valence-corrected chi connectivity index (χ4v) is 2.41. The Kier molecular flexibility index (Phi) is 8.90. The van der Waals surface area contributed by atoms with Crippen LogP contribution in [0.25, 0.3) is 0 Å². The van der Waals surface area contributed by atoms with Crippen LogP contribution in [0, 0.1) is 0 Å². The molecule has 1 aliphatic rings. The standard InChI is InChI=1S/C15H23N3O.2ClH/c1-12(2)17-7-9-18(10-8-17)15(19)14-5-3-13(11-16)4-6-14;;/h3-6,12H,7-11,16H2,1-2H3;2*1H. The Balaban J connectivity index is 0.00000200. The van der Waals surface area contributed by atoms with Crippen molar-refractivity contribution in [2.75, 3.05) is 26.2 Å². The smallest absolute Gasteiger partial charge is 0.253 e. The molecule has 0 atom stereocenters. The summed E-state index contributed by atoms with van der Waals surface area (Å²) in [5.41, 5.74) is 7.38. The van der Waals surface area contributed by atoms with E-state index in [1.54, 1.807) is 0 Å². The minimum atomic E-state index is 0. The molecule has 21 heavy (non-hydrogen) atoms. The minimum Gasteiger partial charge on any atom is -0.336 e. The van der Waals surface area contributed by atoms with E-state index in [1.807, 2.05) is 29.2 Å². The molecule has 2 N–H and O–H groups in total. The first-order chi connectivity index (χ1) is 9.11. The highest BCUT2D eigenvalue weighted by Crippen LogP contribution is 2.11. The zero-order chi connectivity index (χ0) is 13.8. The fraction of sp³-hybridized carbons (Fsp3) is 0.533. The summed E-state index contributed by atoms with van der Waals surface area (Å²) in [4.78, 5) is 16.7. The monoisotopic (exact) mass is 333 g/mol. The third-order valence-corrected chi connectivity index (χ3v) is 3.77. The van der Waals surface area contributed by atoms with Gasteiger partial charge in [-0.25, -0.2) is 0 Å². The van der Waals surface area contributed by atoms with E-state index in [-0.39, 0.29) is 30.7 Å². The maximum absolute atomic E-state index is 12.4. The van der Waals surface area contributed by atoms with Crippen LogP contribution in [0.1, 0.15) is 29.8 Å². The quantitative estimate of drug-likeness (QED) is 0.922. The Labute approximate surface area is 139 Å². The van der Waals surface area contributed by atoms with Crippen molar-refractivity contribution in [3.63, 3.8) is 0 Å². The number of hydrogen-bond acceptors (Lipinski definition) is 3. The van der Waals surface area contributed by atoms with Crippen molar-refractivity contribution in [3.8, 4) is 0 Å². The molecule has 1 aromatic carbocycles. The molecule has 0 radical (unpaired) electrons. The molecular weight excluding hydrogens is 309 g/mol. The molecule has 0 unspecified atom stereocenters. The average molecular weight is 334 g/mol. The summed E-state index contributed by atoms with van der Waals surface area (Å²) in [5, 5.41) is 0. The Bertz CT molecular complexity index is 429. The molecule has 120 valence electrons. The summed E-state index contributed by atoms with van der Waals surface area (Å²) < 4.78 is 0. The van der Waals surface area contributed by atoms with Crippen LogP contribution >= 0.6 is 24.8 Å². The van der Waals surface area contributed by atoms with Gasteiger partial charge in [-0.3, -0.25) is 9.69 Å². The number of nitrogens with two attached hydrogens (primary N) is 1. The van der Waals surface area contributed by atoms with Gasteiger partial charge in [-0.2, -0.15) is 0 Å². The van der Waals surface area contributed by atoms with Crippen LogP contribution in [0.3, 0.4) is 0 Å². The first-order valence-electron chi connectivity index (χ1n) is 6.94. The largest absolute Gasteiger partial charge is 0.336 e. The van der Waals surface area contributed by atoms with Crippen molar-refractivity contribution >= 4 is 30.7 Å². The Morgan fingerprint density at radius 2 is 1.62 bits per heavy atom. The van der Waals surface area contributed by atoms with Gasteiger partial charge in [0.15, 0.2) is 0 Å². The Morgan fingerprint density at radius 3 is 2.05 bits per heavy atom. The highest BCUT2D eigenvalue weighted by molar-refractivity contribution is 5.94. The number of carbonyl (C=O) groups is 1. The zero-order valence-electron chi connectivity index (χ0n) is 12.6. The molecule has 0 bridgehead atoms. The van der Waals surface area contributed by atoms with Crippen LogP contribution in [0.5, 0.6) is 0 Å². The molecule has 1 fully saturated rings. The van der Waals surface area contributed by atoms with Crippen LogP contribution in [0.15, 0.2) is 24.3 Å². The van der Waals surface area contributed by atoms with E-state index in [0.29, 0.717) is 12.6 Å². The van der Waals surface area contributed by atoms with E-state index in [4.69, 9.17) is 5.73 Å². The molecular formula is C15H25Cl2N3O. The van der Waals surface area contributed by atoms with Crippen molar-refractivity contribution in [1.29, 1.82) is 0 Å². The van der Waals surface area contributed by atoms with Gasteiger partial charge < -0.3 is 10.6 Å². The van der Waals surface area contributed by atoms with E-state index >= 15 is 0 Å². The predicted octanol–water partition coefficient (Wildman–Crippen LogP) is 2.16. The number of benzene rings is 1. The van der Waals surface area contributed by atoms with Gasteiger partial charge in [-0.15, -0.1) is 24.8 Å². The number of nitrogens with zero attached hydrogens (tertiary/aromatic N) is 2. The summed E-state index contributed by atoms with van der Waals surface area (Å²) >= 11 is 0. The third kappa shape index (κ3) is 5.15. The molecule has 1 heterocycles. The van der Waals surface area contributed by atoms with Crippen LogP contribution in [-0.4, -0.2) is 47.9 Å². The van der Waals surface area contributed by atoms with Crippen LogP contribution in [0.2, 0.25) is 0 Å². The third-order valence-electron chi connectivity index (χ3n) is 3.77. The first-order valence-corrected chi connectivity index (χ1v) is 6.94. The predicted molar refractivity (Wildman–Crippen MR) is 91.4 cm³/mol. The van der Waals surface area contributed by atoms with Gasteiger partial charge in [0, 0.05) is 44.3 Å². The molecule has 0 aromatic heterocycles. The van der Waals surface area contributed by atoms with Gasteiger partial charge in [-0.1, -0.05) is 12.1 Å². The van der Waals surface area contributed by atoms with Gasteiger partial charge in [0.05, 0.1) is 0 Å². The van der Waals surface area contributed by atoms with Crippen molar-refractivity contribution < 1.29 is 4.79 Å². The zero-order valence-corrected chi connectivity index (χ0v) is 14.3. The second-order valence-electron chi connectivity index (χ2n) is 5.32. The number of hydrogen-bond donors (Lipinski definition) is 1. The fourth-order valence-electron chi connectivity index (χ4n) is 2.41. The lowest BCUT2D eigenvalue weighted by atomic mass is 10.1.